The molecule has 0 bridgehead atoms. The quantitative estimate of drug-likeness (QED) is 0.336. The van der Waals surface area contributed by atoms with Crippen molar-refractivity contribution in [3.05, 3.63) is 44.6 Å². The first-order chi connectivity index (χ1) is 13.6. The molecule has 0 atom stereocenters. The van der Waals surface area contributed by atoms with Gasteiger partial charge in [0.1, 0.15) is 10.6 Å². The predicted molar refractivity (Wildman–Crippen MR) is 115 cm³/mol. The zero-order valence-corrected chi connectivity index (χ0v) is 18.4. The molecular weight excluding hydrogens is 410 g/mol. The van der Waals surface area contributed by atoms with Crippen molar-refractivity contribution in [3.63, 3.8) is 0 Å². The number of aromatic nitrogens is 1. The number of carbonyl (C=O) groups is 3. The maximum absolute atomic E-state index is 12.6. The fourth-order valence-corrected chi connectivity index (χ4v) is 4.66. The number of aryl methyl sites for hydroxylation is 2. The highest BCUT2D eigenvalue weighted by atomic mass is 32.1. The molecule has 2 aromatic rings. The molecule has 3 rings (SSSR count). The van der Waals surface area contributed by atoms with Gasteiger partial charge >= 0.3 is 5.97 Å². The van der Waals surface area contributed by atoms with Crippen molar-refractivity contribution >= 4 is 52.5 Å². The van der Waals surface area contributed by atoms with Crippen LogP contribution in [0.2, 0.25) is 0 Å². The third kappa shape index (κ3) is 3.75. The molecular formula is C20H21N3O4S2. The molecule has 0 aromatic carbocycles. The summed E-state index contributed by atoms with van der Waals surface area (Å²) in [6.07, 6.45) is 1.53. The number of carbonyl (C=O) groups excluding carboxylic acids is 3. The van der Waals surface area contributed by atoms with E-state index in [9.17, 15) is 14.4 Å². The molecule has 7 nitrogen and oxygen atoms in total. The van der Waals surface area contributed by atoms with E-state index in [4.69, 9.17) is 17.0 Å². The van der Waals surface area contributed by atoms with Gasteiger partial charge in [-0.05, 0) is 70.1 Å². The van der Waals surface area contributed by atoms with Crippen molar-refractivity contribution in [2.24, 2.45) is 0 Å². The summed E-state index contributed by atoms with van der Waals surface area (Å²) in [5.41, 5.74) is 3.77. The Hall–Kier alpha value is -2.78. The third-order valence-electron chi connectivity index (χ3n) is 4.76. The first kappa shape index (κ1) is 20.9. The summed E-state index contributed by atoms with van der Waals surface area (Å²) in [7, 11) is 0. The molecule has 0 radical (unpaired) electrons. The van der Waals surface area contributed by atoms with Gasteiger partial charge in [0, 0.05) is 16.3 Å². The lowest BCUT2D eigenvalue weighted by Gasteiger charge is -2.16. The molecule has 3 heterocycles. The van der Waals surface area contributed by atoms with Crippen molar-refractivity contribution in [3.8, 4) is 5.00 Å². The van der Waals surface area contributed by atoms with Gasteiger partial charge in [0.05, 0.1) is 12.2 Å². The fourth-order valence-electron chi connectivity index (χ4n) is 3.22. The largest absolute Gasteiger partial charge is 0.462 e. The van der Waals surface area contributed by atoms with Crippen LogP contribution in [0, 0.1) is 27.7 Å². The Morgan fingerprint density at radius 3 is 2.41 bits per heavy atom. The summed E-state index contributed by atoms with van der Waals surface area (Å²) >= 11 is 6.33. The minimum absolute atomic E-state index is 0.00811. The van der Waals surface area contributed by atoms with Gasteiger partial charge in [-0.1, -0.05) is 0 Å². The molecule has 152 valence electrons. The van der Waals surface area contributed by atoms with Crippen molar-refractivity contribution in [2.45, 2.75) is 34.6 Å². The molecule has 2 amide bonds. The molecule has 0 aliphatic carbocycles. The van der Waals surface area contributed by atoms with Crippen LogP contribution in [0.1, 0.15) is 44.7 Å². The second kappa shape index (κ2) is 7.92. The zero-order chi connectivity index (χ0) is 21.5. The lowest BCUT2D eigenvalue weighted by Crippen LogP contribution is -2.51. The average molecular weight is 432 g/mol. The maximum Gasteiger partial charge on any atom is 0.341 e. The zero-order valence-electron chi connectivity index (χ0n) is 16.8. The van der Waals surface area contributed by atoms with Gasteiger partial charge in [0.2, 0.25) is 0 Å². The number of amides is 2. The van der Waals surface area contributed by atoms with E-state index in [1.165, 1.54) is 17.4 Å². The van der Waals surface area contributed by atoms with Crippen molar-refractivity contribution in [1.82, 2.24) is 15.2 Å². The van der Waals surface area contributed by atoms with Gasteiger partial charge in [-0.15, -0.1) is 11.3 Å². The molecule has 1 fully saturated rings. The van der Waals surface area contributed by atoms with Crippen LogP contribution in [-0.2, 0) is 14.3 Å². The molecule has 1 aliphatic heterocycles. The van der Waals surface area contributed by atoms with E-state index in [2.05, 4.69) is 10.6 Å². The number of nitrogens with zero attached hydrogens (tertiary/aromatic N) is 1. The van der Waals surface area contributed by atoms with Crippen molar-refractivity contribution in [1.29, 1.82) is 0 Å². The number of rotatable bonds is 4. The van der Waals surface area contributed by atoms with Crippen LogP contribution in [-0.4, -0.2) is 34.1 Å². The molecule has 2 aromatic heterocycles. The second-order valence-corrected chi connectivity index (χ2v) is 8.25. The summed E-state index contributed by atoms with van der Waals surface area (Å²) in [5.74, 6) is -1.45. The molecule has 2 N–H and O–H groups in total. The third-order valence-corrected chi connectivity index (χ3v) is 6.16. The summed E-state index contributed by atoms with van der Waals surface area (Å²) in [4.78, 5) is 37.9. The highest BCUT2D eigenvalue weighted by molar-refractivity contribution is 7.80. The summed E-state index contributed by atoms with van der Waals surface area (Å²) < 4.78 is 7.21. The normalized spacial score (nSPS) is 14.0. The van der Waals surface area contributed by atoms with Crippen LogP contribution in [0.3, 0.4) is 0 Å². The van der Waals surface area contributed by atoms with Gasteiger partial charge in [-0.3, -0.25) is 20.2 Å². The molecule has 1 aliphatic rings. The second-order valence-electron chi connectivity index (χ2n) is 6.64. The number of hydrogen-bond acceptors (Lipinski definition) is 6. The van der Waals surface area contributed by atoms with E-state index in [1.54, 1.807) is 6.92 Å². The molecule has 0 spiro atoms. The van der Waals surface area contributed by atoms with Crippen molar-refractivity contribution in [2.75, 3.05) is 6.61 Å². The predicted octanol–water partition coefficient (Wildman–Crippen LogP) is 2.86. The van der Waals surface area contributed by atoms with E-state index in [1.807, 2.05) is 38.3 Å². The minimum atomic E-state index is -0.543. The number of hydrogen-bond donors (Lipinski definition) is 2. The van der Waals surface area contributed by atoms with E-state index in [0.29, 0.717) is 17.7 Å². The smallest absolute Gasteiger partial charge is 0.341 e. The van der Waals surface area contributed by atoms with Crippen LogP contribution < -0.4 is 10.6 Å². The SMILES string of the molecule is CCOC(=O)c1c(-n2c(C)cc(C=C3C(=O)NC(=S)NC3=O)c2C)sc(C)c1C. The Morgan fingerprint density at radius 2 is 1.83 bits per heavy atom. The summed E-state index contributed by atoms with van der Waals surface area (Å²) in [6.45, 7) is 9.71. The molecule has 0 unspecified atom stereocenters. The standard InChI is InChI=1S/C20H21N3O4S2/c1-6-27-19(26)15-10(3)12(5)29-18(15)23-9(2)7-13(11(23)4)8-14-16(24)21-20(28)22-17(14)25/h7-8H,6H2,1-5H3,(H2,21,22,24,25,28). The number of thiophene rings is 1. The maximum atomic E-state index is 12.6. The Labute approximate surface area is 177 Å². The summed E-state index contributed by atoms with van der Waals surface area (Å²) in [5, 5.41) is 5.61. The van der Waals surface area contributed by atoms with Crippen molar-refractivity contribution < 1.29 is 19.1 Å². The Balaban J connectivity index is 2.13. The van der Waals surface area contributed by atoms with Crippen LogP contribution in [0.4, 0.5) is 0 Å². The highest BCUT2D eigenvalue weighted by Gasteiger charge is 2.27. The Bertz CT molecular complexity index is 1070. The highest BCUT2D eigenvalue weighted by Crippen LogP contribution is 2.35. The molecule has 29 heavy (non-hydrogen) atoms. The lowest BCUT2D eigenvalue weighted by molar-refractivity contribution is -0.123. The van der Waals surface area contributed by atoms with Gasteiger partial charge in [0.15, 0.2) is 5.11 Å². The van der Waals surface area contributed by atoms with Crippen LogP contribution in [0.5, 0.6) is 0 Å². The number of ether oxygens (including phenoxy) is 1. The van der Waals surface area contributed by atoms with Crippen LogP contribution >= 0.6 is 23.6 Å². The number of esters is 1. The first-order valence-electron chi connectivity index (χ1n) is 9.00. The van der Waals surface area contributed by atoms with E-state index in [0.717, 1.165) is 26.8 Å². The lowest BCUT2D eigenvalue weighted by atomic mass is 10.1. The van der Waals surface area contributed by atoms with Gasteiger partial charge < -0.3 is 9.30 Å². The van der Waals surface area contributed by atoms with E-state index < -0.39 is 11.8 Å². The molecule has 0 saturated carbocycles. The Morgan fingerprint density at radius 1 is 1.21 bits per heavy atom. The molecule has 1 saturated heterocycles. The minimum Gasteiger partial charge on any atom is -0.462 e. The van der Waals surface area contributed by atoms with Gasteiger partial charge in [-0.25, -0.2) is 4.79 Å². The van der Waals surface area contributed by atoms with Crippen LogP contribution in [0.25, 0.3) is 11.1 Å². The van der Waals surface area contributed by atoms with Crippen LogP contribution in [0.15, 0.2) is 11.6 Å². The summed E-state index contributed by atoms with van der Waals surface area (Å²) in [6, 6.07) is 1.87. The first-order valence-corrected chi connectivity index (χ1v) is 10.2. The van der Waals surface area contributed by atoms with E-state index in [-0.39, 0.29) is 16.7 Å². The Kier molecular flexibility index (Phi) is 5.72. The monoisotopic (exact) mass is 431 g/mol. The fraction of sp³-hybridized carbons (Fsp3) is 0.300. The van der Waals surface area contributed by atoms with Gasteiger partial charge in [-0.2, -0.15) is 0 Å². The number of thiocarbonyl (C=S) groups is 1. The van der Waals surface area contributed by atoms with E-state index >= 15 is 0 Å². The van der Waals surface area contributed by atoms with Gasteiger partial charge in [0.25, 0.3) is 11.8 Å². The molecule has 9 heteroatoms. The average Bonchev–Trinajstić information content (AvgIpc) is 3.06. The number of nitrogens with one attached hydrogen (secondary N) is 2. The topological polar surface area (TPSA) is 89.4 Å².